The number of rotatable bonds is 4. The molecule has 5 heteroatoms. The zero-order chi connectivity index (χ0) is 13.0. The van der Waals surface area contributed by atoms with Crippen LogP contribution < -0.4 is 5.32 Å². The quantitative estimate of drug-likeness (QED) is 0.920. The number of halogens is 1. The van der Waals surface area contributed by atoms with E-state index >= 15 is 0 Å². The molecule has 1 aromatic rings. The van der Waals surface area contributed by atoms with E-state index in [1.165, 1.54) is 11.3 Å². The molecule has 1 N–H and O–H groups in total. The van der Waals surface area contributed by atoms with Gasteiger partial charge >= 0.3 is 0 Å². The highest BCUT2D eigenvalue weighted by atomic mass is 79.9. The van der Waals surface area contributed by atoms with Crippen LogP contribution in [0.25, 0.3) is 0 Å². The third kappa shape index (κ3) is 3.56. The van der Waals surface area contributed by atoms with Gasteiger partial charge in [0, 0.05) is 11.4 Å². The first-order valence-electron chi connectivity index (χ1n) is 6.47. The van der Waals surface area contributed by atoms with Crippen LogP contribution in [0.4, 0.5) is 0 Å². The van der Waals surface area contributed by atoms with Gasteiger partial charge in [0.1, 0.15) is 0 Å². The van der Waals surface area contributed by atoms with E-state index in [0.29, 0.717) is 0 Å². The van der Waals surface area contributed by atoms with Gasteiger partial charge in [0.25, 0.3) is 0 Å². The Morgan fingerprint density at radius 2 is 2.39 bits per heavy atom. The predicted octanol–water partition coefficient (Wildman–Crippen LogP) is 3.00. The summed E-state index contributed by atoms with van der Waals surface area (Å²) in [5.41, 5.74) is 0. The number of carbonyl (C=O) groups is 1. The van der Waals surface area contributed by atoms with Crippen LogP contribution in [-0.4, -0.2) is 29.9 Å². The summed E-state index contributed by atoms with van der Waals surface area (Å²) in [5, 5.41) is 3.33. The minimum Gasteiger partial charge on any atom is -0.336 e. The van der Waals surface area contributed by atoms with E-state index < -0.39 is 0 Å². The first-order chi connectivity index (χ1) is 8.70. The lowest BCUT2D eigenvalue weighted by Gasteiger charge is -2.29. The van der Waals surface area contributed by atoms with E-state index in [4.69, 9.17) is 0 Å². The van der Waals surface area contributed by atoms with E-state index in [1.54, 1.807) is 11.3 Å². The van der Waals surface area contributed by atoms with Crippen molar-refractivity contribution < 1.29 is 4.79 Å². The van der Waals surface area contributed by atoms with Crippen molar-refractivity contribution >= 4 is 33.2 Å². The molecule has 1 atom stereocenters. The van der Waals surface area contributed by atoms with Crippen LogP contribution in [0.2, 0.25) is 0 Å². The zero-order valence-corrected chi connectivity index (χ0v) is 13.0. The lowest BCUT2D eigenvalue weighted by Crippen LogP contribution is -2.48. The molecule has 0 saturated carbocycles. The SMILES string of the molecule is CCN(Cc1ccc(Br)s1)C(=O)[C@H]1CCCCN1. The molecular weight excluding hydrogens is 312 g/mol. The molecule has 0 bridgehead atoms. The standard InChI is InChI=1S/C13H19BrN2OS/c1-2-16(9-10-6-7-12(14)18-10)13(17)11-5-3-4-8-15-11/h6-7,11,15H,2-5,8-9H2,1H3/t11-/m1/s1. The number of hydrogen-bond acceptors (Lipinski definition) is 3. The lowest BCUT2D eigenvalue weighted by atomic mass is 10.0. The van der Waals surface area contributed by atoms with Crippen molar-refractivity contribution in [2.45, 2.75) is 38.8 Å². The Labute approximate surface area is 121 Å². The maximum Gasteiger partial charge on any atom is 0.240 e. The largest absolute Gasteiger partial charge is 0.336 e. The van der Waals surface area contributed by atoms with Crippen molar-refractivity contribution in [3.8, 4) is 0 Å². The lowest BCUT2D eigenvalue weighted by molar-refractivity contribution is -0.134. The van der Waals surface area contributed by atoms with Crippen molar-refractivity contribution in [3.05, 3.63) is 20.8 Å². The Hall–Kier alpha value is -0.390. The van der Waals surface area contributed by atoms with E-state index in [-0.39, 0.29) is 11.9 Å². The summed E-state index contributed by atoms with van der Waals surface area (Å²) in [6.45, 7) is 4.51. The van der Waals surface area contributed by atoms with Crippen LogP contribution in [0.5, 0.6) is 0 Å². The predicted molar refractivity (Wildman–Crippen MR) is 78.8 cm³/mol. The second-order valence-corrected chi connectivity index (χ2v) is 7.11. The number of piperidine rings is 1. The summed E-state index contributed by atoms with van der Waals surface area (Å²) in [5.74, 6) is 0.252. The van der Waals surface area contributed by atoms with Crippen LogP contribution in [0.1, 0.15) is 31.1 Å². The molecular formula is C13H19BrN2OS. The summed E-state index contributed by atoms with van der Waals surface area (Å²) < 4.78 is 1.12. The topological polar surface area (TPSA) is 32.3 Å². The Balaban J connectivity index is 1.96. The molecule has 18 heavy (non-hydrogen) atoms. The molecule has 0 spiro atoms. The molecule has 3 nitrogen and oxygen atoms in total. The van der Waals surface area contributed by atoms with Crippen molar-refractivity contribution in [3.63, 3.8) is 0 Å². The minimum absolute atomic E-state index is 0.0297. The van der Waals surface area contributed by atoms with Crippen molar-refractivity contribution in [1.29, 1.82) is 0 Å². The molecule has 0 aromatic carbocycles. The Morgan fingerprint density at radius 3 is 2.94 bits per heavy atom. The molecule has 1 aliphatic rings. The first-order valence-corrected chi connectivity index (χ1v) is 8.08. The van der Waals surface area contributed by atoms with Gasteiger partial charge in [-0.25, -0.2) is 0 Å². The number of carbonyl (C=O) groups excluding carboxylic acids is 1. The smallest absolute Gasteiger partial charge is 0.240 e. The fourth-order valence-corrected chi connectivity index (χ4v) is 3.75. The third-order valence-corrected chi connectivity index (χ3v) is 4.89. The molecule has 1 aliphatic heterocycles. The van der Waals surface area contributed by atoms with Crippen LogP contribution in [0, 0.1) is 0 Å². The first kappa shape index (κ1) is 14.0. The van der Waals surface area contributed by atoms with Gasteiger partial charge < -0.3 is 10.2 Å². The summed E-state index contributed by atoms with van der Waals surface area (Å²) in [6.07, 6.45) is 3.32. The van der Waals surface area contributed by atoms with Crippen molar-refractivity contribution in [2.24, 2.45) is 0 Å². The summed E-state index contributed by atoms with van der Waals surface area (Å²) in [4.78, 5) is 15.6. The Morgan fingerprint density at radius 1 is 1.56 bits per heavy atom. The van der Waals surface area contributed by atoms with E-state index in [1.807, 2.05) is 17.9 Å². The second-order valence-electron chi connectivity index (χ2n) is 4.56. The molecule has 1 saturated heterocycles. The number of likely N-dealkylation sites (N-methyl/N-ethyl adjacent to an activating group) is 1. The van der Waals surface area contributed by atoms with Gasteiger partial charge in [0.15, 0.2) is 0 Å². The molecule has 100 valence electrons. The summed E-state index contributed by atoms with van der Waals surface area (Å²) >= 11 is 5.16. The zero-order valence-electron chi connectivity index (χ0n) is 10.6. The van der Waals surface area contributed by atoms with Gasteiger partial charge in [0.05, 0.1) is 16.4 Å². The van der Waals surface area contributed by atoms with Crippen LogP contribution in [0.3, 0.4) is 0 Å². The Kier molecular flexibility index (Phi) is 5.21. The van der Waals surface area contributed by atoms with E-state index in [0.717, 1.165) is 36.3 Å². The van der Waals surface area contributed by atoms with E-state index in [2.05, 4.69) is 27.3 Å². The molecule has 2 rings (SSSR count). The third-order valence-electron chi connectivity index (χ3n) is 3.28. The summed E-state index contributed by atoms with van der Waals surface area (Å²) in [6, 6.07) is 4.15. The van der Waals surface area contributed by atoms with Gasteiger partial charge in [-0.05, 0) is 54.4 Å². The monoisotopic (exact) mass is 330 g/mol. The van der Waals surface area contributed by atoms with Gasteiger partial charge in [-0.2, -0.15) is 0 Å². The average Bonchev–Trinajstić information content (AvgIpc) is 2.82. The second kappa shape index (κ2) is 6.68. The van der Waals surface area contributed by atoms with Crippen LogP contribution in [0.15, 0.2) is 15.9 Å². The number of nitrogens with zero attached hydrogens (tertiary/aromatic N) is 1. The maximum absolute atomic E-state index is 12.4. The number of amides is 1. The van der Waals surface area contributed by atoms with Crippen LogP contribution >= 0.6 is 27.3 Å². The van der Waals surface area contributed by atoms with Gasteiger partial charge in [0.2, 0.25) is 5.91 Å². The molecule has 1 aromatic heterocycles. The van der Waals surface area contributed by atoms with E-state index in [9.17, 15) is 4.79 Å². The molecule has 0 aliphatic carbocycles. The number of nitrogens with one attached hydrogen (secondary N) is 1. The van der Waals surface area contributed by atoms with Gasteiger partial charge in [-0.3, -0.25) is 4.79 Å². The Bertz CT molecular complexity index is 401. The molecule has 0 radical (unpaired) electrons. The highest BCUT2D eigenvalue weighted by Crippen LogP contribution is 2.23. The number of thiophene rings is 1. The van der Waals surface area contributed by atoms with Gasteiger partial charge in [-0.15, -0.1) is 11.3 Å². The van der Waals surface area contributed by atoms with Crippen molar-refractivity contribution in [2.75, 3.05) is 13.1 Å². The highest BCUT2D eigenvalue weighted by molar-refractivity contribution is 9.11. The maximum atomic E-state index is 12.4. The average molecular weight is 331 g/mol. The molecule has 0 unspecified atom stereocenters. The normalized spacial score (nSPS) is 19.8. The fourth-order valence-electron chi connectivity index (χ4n) is 2.25. The minimum atomic E-state index is 0.0297. The summed E-state index contributed by atoms with van der Waals surface area (Å²) in [7, 11) is 0. The number of hydrogen-bond donors (Lipinski definition) is 1. The molecule has 1 fully saturated rings. The molecule has 2 heterocycles. The van der Waals surface area contributed by atoms with Crippen molar-refractivity contribution in [1.82, 2.24) is 10.2 Å². The van der Waals surface area contributed by atoms with Gasteiger partial charge in [-0.1, -0.05) is 6.42 Å². The van der Waals surface area contributed by atoms with Crippen LogP contribution in [-0.2, 0) is 11.3 Å². The highest BCUT2D eigenvalue weighted by Gasteiger charge is 2.24. The fraction of sp³-hybridized carbons (Fsp3) is 0.615. The molecule has 1 amide bonds.